The molecular weight excluding hydrogens is 589 g/mol. The molecular formula is C30H27Cl2NO9. The van der Waals surface area contributed by atoms with Gasteiger partial charge in [0.25, 0.3) is 0 Å². The van der Waals surface area contributed by atoms with Crippen LogP contribution in [0.4, 0.5) is 0 Å². The molecule has 0 aromatic heterocycles. The van der Waals surface area contributed by atoms with Gasteiger partial charge < -0.3 is 25.0 Å². The quantitative estimate of drug-likeness (QED) is 0.284. The van der Waals surface area contributed by atoms with Crippen molar-refractivity contribution in [3.05, 3.63) is 81.8 Å². The van der Waals surface area contributed by atoms with Gasteiger partial charge in [-0.2, -0.15) is 0 Å². The lowest BCUT2D eigenvalue weighted by atomic mass is 9.56. The molecule has 0 radical (unpaired) electrons. The molecule has 3 aromatic rings. The van der Waals surface area contributed by atoms with E-state index in [1.54, 1.807) is 43.3 Å². The Balaban J connectivity index is 1.60. The van der Waals surface area contributed by atoms with Crippen molar-refractivity contribution in [2.45, 2.75) is 25.5 Å². The van der Waals surface area contributed by atoms with Crippen LogP contribution in [0.2, 0.25) is 10.0 Å². The van der Waals surface area contributed by atoms with Gasteiger partial charge in [-0.1, -0.05) is 59.6 Å². The number of esters is 2. The number of rotatable bonds is 10. The first-order chi connectivity index (χ1) is 19.9. The molecule has 0 aliphatic heterocycles. The smallest absolute Gasteiger partial charge is 0.338 e. The number of nitrogens with one attached hydrogen (secondary N) is 1. The van der Waals surface area contributed by atoms with Gasteiger partial charge in [0.05, 0.1) is 52.4 Å². The molecule has 6 unspecified atom stereocenters. The summed E-state index contributed by atoms with van der Waals surface area (Å²) in [6.07, 6.45) is -0.900. The van der Waals surface area contributed by atoms with E-state index in [0.29, 0.717) is 10.6 Å². The second-order valence-corrected chi connectivity index (χ2v) is 10.9. The molecule has 1 fully saturated rings. The Hall–Kier alpha value is -4.15. The highest BCUT2D eigenvalue weighted by atomic mass is 35.5. The molecule has 0 spiro atoms. The van der Waals surface area contributed by atoms with Gasteiger partial charge in [0.2, 0.25) is 5.91 Å². The Kier molecular flexibility index (Phi) is 9.38. The number of benzene rings is 3. The van der Waals surface area contributed by atoms with Crippen molar-refractivity contribution in [1.82, 2.24) is 5.32 Å². The highest BCUT2D eigenvalue weighted by molar-refractivity contribution is 6.42. The van der Waals surface area contributed by atoms with Gasteiger partial charge >= 0.3 is 23.9 Å². The van der Waals surface area contributed by atoms with Crippen molar-refractivity contribution >= 4 is 63.8 Å². The van der Waals surface area contributed by atoms with Gasteiger partial charge in [0.15, 0.2) is 0 Å². The first-order valence-electron chi connectivity index (χ1n) is 12.9. The van der Waals surface area contributed by atoms with Gasteiger partial charge in [-0.3, -0.25) is 19.2 Å². The minimum Gasteiger partial charge on any atom is -0.481 e. The maximum absolute atomic E-state index is 13.4. The van der Waals surface area contributed by atoms with Crippen molar-refractivity contribution in [2.24, 2.45) is 23.7 Å². The Morgan fingerprint density at radius 3 is 2.10 bits per heavy atom. The summed E-state index contributed by atoms with van der Waals surface area (Å²) < 4.78 is 10.5. The molecule has 0 heterocycles. The molecule has 0 bridgehead atoms. The van der Waals surface area contributed by atoms with Crippen molar-refractivity contribution in [2.75, 3.05) is 7.11 Å². The topological polar surface area (TPSA) is 156 Å². The fourth-order valence-electron chi connectivity index (χ4n) is 5.27. The Bertz CT molecular complexity index is 1560. The van der Waals surface area contributed by atoms with E-state index in [1.807, 2.05) is 24.3 Å². The Morgan fingerprint density at radius 1 is 0.833 bits per heavy atom. The molecule has 42 heavy (non-hydrogen) atoms. The van der Waals surface area contributed by atoms with Gasteiger partial charge in [0, 0.05) is 6.42 Å². The largest absolute Gasteiger partial charge is 0.481 e. The zero-order valence-corrected chi connectivity index (χ0v) is 24.0. The minimum absolute atomic E-state index is 0.0862. The summed E-state index contributed by atoms with van der Waals surface area (Å²) in [7, 11) is 1.02. The van der Waals surface area contributed by atoms with Crippen LogP contribution in [0.15, 0.2) is 60.7 Å². The molecule has 6 atom stereocenters. The Morgan fingerprint density at radius 2 is 1.48 bits per heavy atom. The second-order valence-electron chi connectivity index (χ2n) is 10.1. The van der Waals surface area contributed by atoms with Crippen LogP contribution in [-0.2, 0) is 35.1 Å². The normalized spacial score (nSPS) is 21.0. The number of aliphatic carboxylic acids is 2. The molecule has 1 amide bonds. The fraction of sp³-hybridized carbons (Fsp3) is 0.300. The van der Waals surface area contributed by atoms with Crippen LogP contribution in [0.1, 0.15) is 22.8 Å². The third-order valence-electron chi connectivity index (χ3n) is 7.49. The van der Waals surface area contributed by atoms with E-state index in [0.717, 1.165) is 17.9 Å². The van der Waals surface area contributed by atoms with E-state index < -0.39 is 65.6 Å². The number of carboxylic acids is 2. The predicted octanol–water partition coefficient (Wildman–Crippen LogP) is 4.24. The van der Waals surface area contributed by atoms with Crippen molar-refractivity contribution in [3.63, 3.8) is 0 Å². The van der Waals surface area contributed by atoms with Crippen LogP contribution in [-0.4, -0.2) is 59.3 Å². The number of halogens is 2. The summed E-state index contributed by atoms with van der Waals surface area (Å²) in [6.45, 7) is 1.55. The first-order valence-corrected chi connectivity index (χ1v) is 13.7. The predicted molar refractivity (Wildman–Crippen MR) is 152 cm³/mol. The molecule has 3 aromatic carbocycles. The van der Waals surface area contributed by atoms with E-state index in [2.05, 4.69) is 10.1 Å². The summed E-state index contributed by atoms with van der Waals surface area (Å²) in [6, 6.07) is 16.5. The lowest BCUT2D eigenvalue weighted by Crippen LogP contribution is -2.63. The number of hydrogen-bond acceptors (Lipinski definition) is 7. The van der Waals surface area contributed by atoms with Gasteiger partial charge in [-0.25, -0.2) is 4.79 Å². The minimum atomic E-state index is -1.66. The standard InChI is InChI=1S/C30H27Cl2NO9/c1-14(33-26(34)22-23(27(35)36)24(28(37)38)25(22)30(40)41-2)21(12-15-7-10-19(31)20(32)11-15)42-29(39)18-9-8-16-5-3-4-6-17(16)13-18/h3-11,13-14,21-25H,12H2,1-2H3,(H,33,34)(H,35,36)(H,37,38). The van der Waals surface area contributed by atoms with Crippen LogP contribution < -0.4 is 5.32 Å². The number of methoxy groups -OCH3 is 1. The summed E-state index contributed by atoms with van der Waals surface area (Å²) in [5, 5.41) is 24.2. The second kappa shape index (κ2) is 12.8. The number of ether oxygens (including phenoxy) is 2. The number of carbonyl (C=O) groups excluding carboxylic acids is 3. The molecule has 3 N–H and O–H groups in total. The van der Waals surface area contributed by atoms with E-state index in [1.165, 1.54) is 0 Å². The van der Waals surface area contributed by atoms with Gasteiger partial charge in [0.1, 0.15) is 6.10 Å². The summed E-state index contributed by atoms with van der Waals surface area (Å²) in [5.41, 5.74) is 0.901. The summed E-state index contributed by atoms with van der Waals surface area (Å²) in [5.74, 6) is -12.0. The van der Waals surface area contributed by atoms with Crippen LogP contribution in [0.5, 0.6) is 0 Å². The maximum atomic E-state index is 13.4. The maximum Gasteiger partial charge on any atom is 0.338 e. The van der Waals surface area contributed by atoms with Crippen LogP contribution in [0.25, 0.3) is 10.8 Å². The summed E-state index contributed by atoms with van der Waals surface area (Å²) in [4.78, 5) is 62.6. The third-order valence-corrected chi connectivity index (χ3v) is 8.23. The van der Waals surface area contributed by atoms with E-state index >= 15 is 0 Å². The first kappa shape index (κ1) is 30.8. The van der Waals surface area contributed by atoms with Crippen LogP contribution in [0, 0.1) is 23.7 Å². The molecule has 220 valence electrons. The highest BCUT2D eigenvalue weighted by Crippen LogP contribution is 2.47. The average Bonchev–Trinajstić information content (AvgIpc) is 2.93. The van der Waals surface area contributed by atoms with E-state index in [4.69, 9.17) is 27.9 Å². The van der Waals surface area contributed by atoms with Crippen molar-refractivity contribution in [1.29, 1.82) is 0 Å². The molecule has 1 saturated carbocycles. The number of amides is 1. The monoisotopic (exact) mass is 615 g/mol. The number of fused-ring (bicyclic) bond motifs is 1. The lowest BCUT2D eigenvalue weighted by molar-refractivity contribution is -0.188. The molecule has 1 aliphatic carbocycles. The number of hydrogen-bond donors (Lipinski definition) is 3. The zero-order chi connectivity index (χ0) is 30.7. The van der Waals surface area contributed by atoms with E-state index in [9.17, 15) is 34.2 Å². The molecule has 12 heteroatoms. The third kappa shape index (κ3) is 6.34. The lowest BCUT2D eigenvalue weighted by Gasteiger charge is -2.45. The zero-order valence-electron chi connectivity index (χ0n) is 22.5. The molecule has 4 rings (SSSR count). The Labute approximate surface area is 250 Å². The van der Waals surface area contributed by atoms with Crippen LogP contribution >= 0.6 is 23.2 Å². The average molecular weight is 616 g/mol. The number of carboxylic acid groups (broad SMARTS) is 2. The van der Waals surface area contributed by atoms with Crippen molar-refractivity contribution in [3.8, 4) is 0 Å². The van der Waals surface area contributed by atoms with Gasteiger partial charge in [-0.05, 0) is 47.5 Å². The van der Waals surface area contributed by atoms with Gasteiger partial charge in [-0.15, -0.1) is 0 Å². The SMILES string of the molecule is COC(=O)C1C(C(=O)O)C(C(=O)O)C1C(=O)NC(C)C(Cc1ccc(Cl)c(Cl)c1)OC(=O)c1ccc2ccccc2c1. The van der Waals surface area contributed by atoms with Crippen LogP contribution in [0.3, 0.4) is 0 Å². The summed E-state index contributed by atoms with van der Waals surface area (Å²) >= 11 is 12.2. The van der Waals surface area contributed by atoms with E-state index in [-0.39, 0.29) is 17.0 Å². The van der Waals surface area contributed by atoms with Crippen molar-refractivity contribution < 1.29 is 43.7 Å². The highest BCUT2D eigenvalue weighted by Gasteiger charge is 2.64. The number of carbonyl (C=O) groups is 5. The fourth-order valence-corrected chi connectivity index (χ4v) is 5.59. The molecule has 10 nitrogen and oxygen atoms in total. The molecule has 1 aliphatic rings. The molecule has 0 saturated heterocycles.